The second-order valence-electron chi connectivity index (χ2n) is 5.01. The minimum Gasteiger partial charge on any atom is -0.311 e. The van der Waals surface area contributed by atoms with Gasteiger partial charge in [-0.3, -0.25) is 9.59 Å². The number of rotatable bonds is 3. The van der Waals surface area contributed by atoms with Crippen LogP contribution >= 0.6 is 11.8 Å². The van der Waals surface area contributed by atoms with Gasteiger partial charge >= 0.3 is 0 Å². The molecule has 1 atom stereocenters. The summed E-state index contributed by atoms with van der Waals surface area (Å²) in [4.78, 5) is 24.8. The second kappa shape index (κ2) is 6.10. The Kier molecular flexibility index (Phi) is 4.46. The number of amides is 1. The molecule has 2 rings (SSSR count). The third kappa shape index (κ3) is 3.20. The van der Waals surface area contributed by atoms with Gasteiger partial charge in [-0.05, 0) is 30.5 Å². The van der Waals surface area contributed by atoms with Crippen molar-refractivity contribution < 1.29 is 9.59 Å². The summed E-state index contributed by atoms with van der Waals surface area (Å²) in [6, 6.07) is 7.62. The summed E-state index contributed by atoms with van der Waals surface area (Å²) in [5.41, 5.74) is 2.23. The van der Waals surface area contributed by atoms with E-state index in [1.807, 2.05) is 19.1 Å². The quantitative estimate of drug-likeness (QED) is 0.857. The zero-order chi connectivity index (χ0) is 14.7. The molecule has 0 radical (unpaired) electrons. The number of nitriles is 1. The third-order valence-electron chi connectivity index (χ3n) is 3.29. The molecule has 0 aromatic heterocycles. The van der Waals surface area contributed by atoms with Crippen LogP contribution in [0.4, 0.5) is 5.69 Å². The van der Waals surface area contributed by atoms with Crippen LogP contribution in [0.3, 0.4) is 0 Å². The number of hydrogen-bond acceptors (Lipinski definition) is 4. The van der Waals surface area contributed by atoms with Gasteiger partial charge < -0.3 is 4.90 Å². The fourth-order valence-electron chi connectivity index (χ4n) is 2.32. The lowest BCUT2D eigenvalue weighted by molar-refractivity contribution is -0.117. The van der Waals surface area contributed by atoms with Gasteiger partial charge in [0.1, 0.15) is 6.07 Å². The molecule has 1 aliphatic rings. The Morgan fingerprint density at radius 3 is 2.95 bits per heavy atom. The van der Waals surface area contributed by atoms with Gasteiger partial charge in [-0.15, -0.1) is 0 Å². The van der Waals surface area contributed by atoms with Crippen molar-refractivity contribution in [3.8, 4) is 6.07 Å². The van der Waals surface area contributed by atoms with Crippen LogP contribution in [-0.2, 0) is 9.59 Å². The highest BCUT2D eigenvalue weighted by Crippen LogP contribution is 2.30. The fraction of sp³-hybridized carbons (Fsp3) is 0.400. The lowest BCUT2D eigenvalue weighted by Crippen LogP contribution is -2.25. The van der Waals surface area contributed by atoms with Gasteiger partial charge in [0.2, 0.25) is 5.91 Å². The van der Waals surface area contributed by atoms with Crippen LogP contribution in [0.2, 0.25) is 0 Å². The Morgan fingerprint density at radius 1 is 1.55 bits per heavy atom. The van der Waals surface area contributed by atoms with Crippen LogP contribution in [0.5, 0.6) is 0 Å². The summed E-state index contributed by atoms with van der Waals surface area (Å²) < 4.78 is 0. The Labute approximate surface area is 122 Å². The van der Waals surface area contributed by atoms with Gasteiger partial charge in [-0.2, -0.15) is 5.26 Å². The molecule has 4 nitrogen and oxygen atoms in total. The Balaban J connectivity index is 2.18. The summed E-state index contributed by atoms with van der Waals surface area (Å²) in [6.45, 7) is 4.05. The second-order valence-corrected chi connectivity index (χ2v) is 6.21. The minimum absolute atomic E-state index is 0.0289. The van der Waals surface area contributed by atoms with E-state index in [1.165, 1.54) is 18.7 Å². The maximum absolute atomic E-state index is 12.1. The number of hydrogen-bond donors (Lipinski definition) is 0. The predicted molar refractivity (Wildman–Crippen MR) is 79.5 cm³/mol. The topological polar surface area (TPSA) is 61.2 Å². The molecule has 1 aromatic carbocycles. The maximum Gasteiger partial charge on any atom is 0.227 e. The van der Waals surface area contributed by atoms with Crippen LogP contribution < -0.4 is 4.90 Å². The zero-order valence-electron chi connectivity index (χ0n) is 11.5. The highest BCUT2D eigenvalue weighted by atomic mass is 32.2. The molecule has 0 N–H and O–H groups in total. The molecule has 104 valence electrons. The smallest absolute Gasteiger partial charge is 0.227 e. The lowest BCUT2D eigenvalue weighted by atomic mass is 10.1. The molecule has 1 saturated heterocycles. The minimum atomic E-state index is 0.0289. The normalized spacial score (nSPS) is 18.1. The van der Waals surface area contributed by atoms with Gasteiger partial charge in [-0.25, -0.2) is 0 Å². The predicted octanol–water partition coefficient (Wildman–Crippen LogP) is 2.50. The highest BCUT2D eigenvalue weighted by Gasteiger charge is 2.32. The number of carbonyl (C=O) groups is 2. The van der Waals surface area contributed by atoms with Crippen molar-refractivity contribution in [3.05, 3.63) is 29.3 Å². The van der Waals surface area contributed by atoms with Gasteiger partial charge in [0.05, 0.1) is 11.3 Å². The van der Waals surface area contributed by atoms with E-state index in [-0.39, 0.29) is 16.9 Å². The molecule has 5 heteroatoms. The Bertz CT molecular complexity index is 592. The number of nitrogens with zero attached hydrogens (tertiary/aromatic N) is 2. The van der Waals surface area contributed by atoms with Crippen LogP contribution in [0.1, 0.15) is 24.5 Å². The first-order valence-electron chi connectivity index (χ1n) is 6.45. The van der Waals surface area contributed by atoms with Crippen molar-refractivity contribution in [1.29, 1.82) is 5.26 Å². The summed E-state index contributed by atoms with van der Waals surface area (Å²) in [6.07, 6.45) is 0.444. The van der Waals surface area contributed by atoms with Gasteiger partial charge in [0, 0.05) is 25.6 Å². The molecular weight excluding hydrogens is 272 g/mol. The molecule has 1 aliphatic heterocycles. The molecule has 20 heavy (non-hydrogen) atoms. The van der Waals surface area contributed by atoms with Gasteiger partial charge in [0.25, 0.3) is 0 Å². The average Bonchev–Trinajstić information content (AvgIpc) is 2.77. The van der Waals surface area contributed by atoms with Crippen molar-refractivity contribution in [3.63, 3.8) is 0 Å². The first-order valence-corrected chi connectivity index (χ1v) is 7.44. The zero-order valence-corrected chi connectivity index (χ0v) is 12.4. The lowest BCUT2D eigenvalue weighted by Gasteiger charge is -2.18. The Morgan fingerprint density at radius 2 is 2.30 bits per heavy atom. The monoisotopic (exact) mass is 288 g/mol. The highest BCUT2D eigenvalue weighted by molar-refractivity contribution is 8.13. The van der Waals surface area contributed by atoms with Crippen LogP contribution in [0.25, 0.3) is 0 Å². The number of anilines is 1. The summed E-state index contributed by atoms with van der Waals surface area (Å²) in [7, 11) is 0. The molecule has 0 aliphatic carbocycles. The van der Waals surface area contributed by atoms with Crippen LogP contribution in [0.15, 0.2) is 18.2 Å². The molecule has 1 unspecified atom stereocenters. The first kappa shape index (κ1) is 14.6. The fourth-order valence-corrected chi connectivity index (χ4v) is 3.01. The van der Waals surface area contributed by atoms with E-state index >= 15 is 0 Å². The van der Waals surface area contributed by atoms with Crippen molar-refractivity contribution >= 4 is 28.5 Å². The average molecular weight is 288 g/mol. The van der Waals surface area contributed by atoms with Gasteiger partial charge in [-0.1, -0.05) is 17.8 Å². The van der Waals surface area contributed by atoms with Crippen molar-refractivity contribution in [1.82, 2.24) is 0 Å². The number of carbonyl (C=O) groups excluding carboxylic acids is 2. The largest absolute Gasteiger partial charge is 0.311 e. The molecule has 1 heterocycles. The number of aryl methyl sites for hydroxylation is 1. The third-order valence-corrected chi connectivity index (χ3v) is 4.34. The molecule has 0 bridgehead atoms. The standard InChI is InChI=1S/C15H16N2O2S/c1-10-3-4-13(7-16)14(5-10)17-8-12(6-15(17)19)9-20-11(2)18/h3-5,12H,6,8-9H2,1-2H3. The van der Waals surface area contributed by atoms with E-state index in [1.54, 1.807) is 11.0 Å². The SMILES string of the molecule is CC(=O)SCC1CC(=O)N(c2cc(C)ccc2C#N)C1. The van der Waals surface area contributed by atoms with Crippen molar-refractivity contribution in [2.24, 2.45) is 5.92 Å². The van der Waals surface area contributed by atoms with Crippen LogP contribution in [0, 0.1) is 24.2 Å². The number of thioether (sulfide) groups is 1. The van der Waals surface area contributed by atoms with E-state index in [0.29, 0.717) is 30.0 Å². The van der Waals surface area contributed by atoms with Crippen molar-refractivity contribution in [2.75, 3.05) is 17.2 Å². The van der Waals surface area contributed by atoms with Gasteiger partial charge in [0.15, 0.2) is 5.12 Å². The molecule has 1 fully saturated rings. The summed E-state index contributed by atoms with van der Waals surface area (Å²) in [5, 5.41) is 9.23. The summed E-state index contributed by atoms with van der Waals surface area (Å²) in [5.74, 6) is 0.857. The van der Waals surface area contributed by atoms with Crippen LogP contribution in [-0.4, -0.2) is 23.3 Å². The van der Waals surface area contributed by atoms with E-state index in [4.69, 9.17) is 5.26 Å². The number of benzene rings is 1. The van der Waals surface area contributed by atoms with E-state index in [0.717, 1.165) is 5.56 Å². The summed E-state index contributed by atoms with van der Waals surface area (Å²) >= 11 is 1.26. The first-order chi connectivity index (χ1) is 9.51. The Hall–Kier alpha value is -1.80. The van der Waals surface area contributed by atoms with E-state index in [9.17, 15) is 9.59 Å². The molecule has 1 aromatic rings. The maximum atomic E-state index is 12.1. The molecular formula is C15H16N2O2S. The molecule has 0 saturated carbocycles. The van der Waals surface area contributed by atoms with E-state index in [2.05, 4.69) is 6.07 Å². The molecule has 1 amide bonds. The van der Waals surface area contributed by atoms with Crippen molar-refractivity contribution in [2.45, 2.75) is 20.3 Å². The van der Waals surface area contributed by atoms with E-state index < -0.39 is 0 Å². The molecule has 0 spiro atoms.